The van der Waals surface area contributed by atoms with Gasteiger partial charge in [0.05, 0.1) is 12.3 Å². The zero-order valence-corrected chi connectivity index (χ0v) is 33.8. The molecule has 1 aromatic heterocycles. The summed E-state index contributed by atoms with van der Waals surface area (Å²) >= 11 is 0. The Kier molecular flexibility index (Phi) is 14.4. The highest BCUT2D eigenvalue weighted by Crippen LogP contribution is 2.31. The number of carboxylic acid groups (broad SMARTS) is 1. The van der Waals surface area contributed by atoms with Crippen LogP contribution in [0.15, 0.2) is 109 Å². The van der Waals surface area contributed by atoms with Crippen molar-refractivity contribution in [1.29, 1.82) is 0 Å². The molecule has 0 saturated carbocycles. The molecule has 15 nitrogen and oxygen atoms in total. The van der Waals surface area contributed by atoms with Crippen molar-refractivity contribution in [3.63, 3.8) is 0 Å². The minimum absolute atomic E-state index is 0.00367. The van der Waals surface area contributed by atoms with Crippen LogP contribution >= 0.6 is 0 Å². The lowest BCUT2D eigenvalue weighted by atomic mass is 10.0. The number of carboxylic acids is 1. The maximum atomic E-state index is 13.3. The second-order valence-electron chi connectivity index (χ2n) is 15.4. The number of alkyl carbamates (subject to hydrolysis) is 1. The molecule has 0 aliphatic heterocycles. The number of amides is 3. The van der Waals surface area contributed by atoms with Gasteiger partial charge in [-0.15, -0.1) is 0 Å². The highest BCUT2D eigenvalue weighted by Gasteiger charge is 2.34. The molecule has 0 fully saturated rings. The van der Waals surface area contributed by atoms with Crippen molar-refractivity contribution in [2.75, 3.05) is 22.5 Å². The summed E-state index contributed by atoms with van der Waals surface area (Å²) in [7, 11) is 0. The fourth-order valence-electron chi connectivity index (χ4n) is 5.56. The van der Waals surface area contributed by atoms with Crippen LogP contribution in [0.3, 0.4) is 0 Å². The molecule has 4 aromatic carbocycles. The molecule has 0 radical (unpaired) electrons. The van der Waals surface area contributed by atoms with Crippen molar-refractivity contribution < 1.29 is 48.1 Å². The number of carbonyl (C=O) groups is 4. The van der Waals surface area contributed by atoms with E-state index < -0.39 is 41.5 Å². The van der Waals surface area contributed by atoms with Crippen molar-refractivity contribution >= 4 is 52.2 Å². The Morgan fingerprint density at radius 2 is 1.39 bits per heavy atom. The molecule has 1 atom stereocenters. The number of anilines is 3. The minimum Gasteiger partial charge on any atom is -0.479 e. The molecular formula is C44H49N5O10. The van der Waals surface area contributed by atoms with Crippen molar-refractivity contribution in [2.24, 2.45) is 0 Å². The third-order valence-corrected chi connectivity index (χ3v) is 8.16. The van der Waals surface area contributed by atoms with Gasteiger partial charge in [0, 0.05) is 23.8 Å². The first kappa shape index (κ1) is 43.4. The van der Waals surface area contributed by atoms with Crippen LogP contribution in [0.2, 0.25) is 0 Å². The Bertz CT molecular complexity index is 2190. The van der Waals surface area contributed by atoms with Crippen molar-refractivity contribution in [2.45, 2.75) is 78.5 Å². The molecule has 0 saturated heterocycles. The normalized spacial score (nSPS) is 11.9. The molecule has 0 aliphatic rings. The molecule has 15 heteroatoms. The molecule has 5 rings (SSSR count). The number of hydrogen-bond donors (Lipinski definition) is 4. The second kappa shape index (κ2) is 19.6. The van der Waals surface area contributed by atoms with Crippen molar-refractivity contribution in [1.82, 2.24) is 10.3 Å². The van der Waals surface area contributed by atoms with Crippen molar-refractivity contribution in [3.8, 4) is 0 Å². The zero-order valence-electron chi connectivity index (χ0n) is 33.8. The van der Waals surface area contributed by atoms with E-state index in [1.165, 1.54) is 6.20 Å². The van der Waals surface area contributed by atoms with Gasteiger partial charge in [0.15, 0.2) is 18.7 Å². The zero-order chi connectivity index (χ0) is 42.6. The summed E-state index contributed by atoms with van der Waals surface area (Å²) < 4.78 is 21.9. The smallest absolute Gasteiger partial charge is 0.425 e. The summed E-state index contributed by atoms with van der Waals surface area (Å²) in [6, 6.07) is 29.2. The number of imide groups is 1. The van der Waals surface area contributed by atoms with Crippen LogP contribution in [0, 0.1) is 0 Å². The molecule has 0 bridgehead atoms. The van der Waals surface area contributed by atoms with Gasteiger partial charge in [-0.3, -0.25) is 5.48 Å². The van der Waals surface area contributed by atoms with Gasteiger partial charge >= 0.3 is 24.2 Å². The Morgan fingerprint density at radius 1 is 0.729 bits per heavy atom. The first-order valence-electron chi connectivity index (χ1n) is 18.8. The molecule has 310 valence electrons. The molecule has 59 heavy (non-hydrogen) atoms. The van der Waals surface area contributed by atoms with Gasteiger partial charge in [-0.25, -0.2) is 29.0 Å². The van der Waals surface area contributed by atoms with Gasteiger partial charge in [-0.2, -0.15) is 4.90 Å². The van der Waals surface area contributed by atoms with Crippen LogP contribution in [0.1, 0.15) is 69.8 Å². The van der Waals surface area contributed by atoms with Crippen LogP contribution < -0.4 is 21.0 Å². The average Bonchev–Trinajstić information content (AvgIpc) is 3.17. The van der Waals surface area contributed by atoms with Crippen LogP contribution in [-0.2, 0) is 48.3 Å². The largest absolute Gasteiger partial charge is 0.479 e. The standard InChI is InChI=1S/C44H49N5O10/c1-43(2,3)58-41(53)49(42(54)59-44(4,5)6)38-36-20-19-34(24-33(36)21-22-45-38)47-37(39(50)51)32-17-15-30(16-18-32)26-55-28-57-48-35-14-10-13-31(23-35)25-46-40(52)56-27-29-11-8-7-9-12-29/h7-24,37,47-48H,25-28H2,1-6H3,(H,46,52)(H,50,51). The van der Waals surface area contributed by atoms with Gasteiger partial charge in [0.2, 0.25) is 0 Å². The topological polar surface area (TPSA) is 187 Å². The summed E-state index contributed by atoms with van der Waals surface area (Å²) in [6.45, 7) is 10.7. The predicted molar refractivity (Wildman–Crippen MR) is 221 cm³/mol. The Morgan fingerprint density at radius 3 is 2.05 bits per heavy atom. The van der Waals surface area contributed by atoms with E-state index in [-0.39, 0.29) is 32.4 Å². The van der Waals surface area contributed by atoms with Gasteiger partial charge in [-0.1, -0.05) is 66.7 Å². The molecule has 5 aromatic rings. The summed E-state index contributed by atoms with van der Waals surface area (Å²) in [4.78, 5) is 61.7. The van der Waals surface area contributed by atoms with Gasteiger partial charge < -0.3 is 34.7 Å². The van der Waals surface area contributed by atoms with Crippen LogP contribution in [0.25, 0.3) is 10.8 Å². The Labute approximate surface area is 342 Å². The molecule has 4 N–H and O–H groups in total. The average molecular weight is 808 g/mol. The quantitative estimate of drug-likeness (QED) is 0.0340. The molecule has 0 spiro atoms. The van der Waals surface area contributed by atoms with Crippen molar-refractivity contribution in [3.05, 3.63) is 132 Å². The number of ether oxygens (including phenoxy) is 4. The molecule has 0 aliphatic carbocycles. The summed E-state index contributed by atoms with van der Waals surface area (Å²) in [5.74, 6) is -1.10. The number of rotatable bonds is 15. The summed E-state index contributed by atoms with van der Waals surface area (Å²) in [5.41, 5.74) is 5.17. The van der Waals surface area contributed by atoms with Crippen LogP contribution in [-0.4, -0.2) is 52.3 Å². The predicted octanol–water partition coefficient (Wildman–Crippen LogP) is 9.09. The third-order valence-electron chi connectivity index (χ3n) is 8.16. The fraction of sp³-hybridized carbons (Fsp3) is 0.295. The summed E-state index contributed by atoms with van der Waals surface area (Å²) in [5, 5.41) is 17.0. The second-order valence-corrected chi connectivity index (χ2v) is 15.4. The monoisotopic (exact) mass is 807 g/mol. The molecule has 1 heterocycles. The Hall–Kier alpha value is -6.71. The number of aromatic nitrogens is 1. The SMILES string of the molecule is CC(C)(C)OC(=O)N(C(=O)OC(C)(C)C)c1nccc2cc(NC(C(=O)O)c3ccc(COCONc4cccc(CNC(=O)OCc5ccccc5)c4)cc3)ccc12. The van der Waals surface area contributed by atoms with Crippen LogP contribution in [0.4, 0.5) is 31.6 Å². The number of fused-ring (bicyclic) bond motifs is 1. The third kappa shape index (κ3) is 13.4. The lowest BCUT2D eigenvalue weighted by Gasteiger charge is -2.28. The van der Waals surface area contributed by atoms with E-state index in [0.717, 1.165) is 21.6 Å². The van der Waals surface area contributed by atoms with E-state index in [1.54, 1.807) is 90.1 Å². The number of pyridine rings is 1. The number of hydrogen-bond acceptors (Lipinski definition) is 12. The fourth-order valence-corrected chi connectivity index (χ4v) is 5.56. The lowest BCUT2D eigenvalue weighted by Crippen LogP contribution is -2.44. The number of carbonyl (C=O) groups excluding carboxylic acids is 3. The van der Waals surface area contributed by atoms with E-state index in [1.807, 2.05) is 54.6 Å². The maximum Gasteiger partial charge on any atom is 0.425 e. The van der Waals surface area contributed by atoms with Gasteiger partial charge in [-0.05, 0) is 106 Å². The first-order valence-corrected chi connectivity index (χ1v) is 18.8. The Balaban J connectivity index is 1.14. The minimum atomic E-state index is -1.11. The number of nitrogens with zero attached hydrogens (tertiary/aromatic N) is 2. The van der Waals surface area contributed by atoms with E-state index in [2.05, 4.69) is 21.1 Å². The van der Waals surface area contributed by atoms with Crippen LogP contribution in [0.5, 0.6) is 0 Å². The molecule has 1 unspecified atom stereocenters. The molecule has 3 amide bonds. The van der Waals surface area contributed by atoms with E-state index >= 15 is 0 Å². The van der Waals surface area contributed by atoms with Gasteiger partial charge in [0.25, 0.3) is 0 Å². The maximum absolute atomic E-state index is 13.3. The first-order chi connectivity index (χ1) is 28.0. The van der Waals surface area contributed by atoms with E-state index in [4.69, 9.17) is 23.8 Å². The number of aliphatic carboxylic acids is 1. The lowest BCUT2D eigenvalue weighted by molar-refractivity contribution is -0.138. The highest BCUT2D eigenvalue weighted by atomic mass is 16.8. The summed E-state index contributed by atoms with van der Waals surface area (Å²) in [6.07, 6.45) is -0.992. The molecular weight excluding hydrogens is 759 g/mol. The number of nitrogens with one attached hydrogen (secondary N) is 3. The van der Waals surface area contributed by atoms with E-state index in [9.17, 15) is 24.3 Å². The van der Waals surface area contributed by atoms with E-state index in [0.29, 0.717) is 27.7 Å². The highest BCUT2D eigenvalue weighted by molar-refractivity contribution is 6.14. The number of benzene rings is 4. The van der Waals surface area contributed by atoms with Gasteiger partial charge in [0.1, 0.15) is 17.8 Å².